The Morgan fingerprint density at radius 3 is 2.40 bits per heavy atom. The average Bonchev–Trinajstić information content (AvgIpc) is 2.83. The van der Waals surface area contributed by atoms with Crippen molar-refractivity contribution in [1.82, 2.24) is 14.8 Å². The van der Waals surface area contributed by atoms with E-state index < -0.39 is 0 Å². The van der Waals surface area contributed by atoms with Crippen LogP contribution in [0.25, 0.3) is 0 Å². The lowest BCUT2D eigenvalue weighted by Crippen LogP contribution is -2.45. The summed E-state index contributed by atoms with van der Waals surface area (Å²) in [4.78, 5) is 22.2. The highest BCUT2D eigenvalue weighted by molar-refractivity contribution is 7.13. The summed E-state index contributed by atoms with van der Waals surface area (Å²) in [5, 5.41) is 1.10. The van der Waals surface area contributed by atoms with Crippen LogP contribution in [-0.2, 0) is 13.0 Å². The third-order valence-electron chi connectivity index (χ3n) is 3.82. The van der Waals surface area contributed by atoms with Crippen molar-refractivity contribution in [2.45, 2.75) is 40.2 Å². The maximum atomic E-state index is 11.7. The molecule has 0 amide bonds. The van der Waals surface area contributed by atoms with E-state index in [4.69, 9.17) is 4.98 Å². The topological polar surface area (TPSA) is 36.4 Å². The molecule has 0 radical (unpaired) electrons. The number of thiazole rings is 1. The third-order valence-corrected chi connectivity index (χ3v) is 5.00. The van der Waals surface area contributed by atoms with Gasteiger partial charge >= 0.3 is 0 Å². The zero-order valence-corrected chi connectivity index (χ0v) is 13.6. The van der Waals surface area contributed by atoms with Gasteiger partial charge in [0.05, 0.1) is 17.1 Å². The summed E-state index contributed by atoms with van der Waals surface area (Å²) >= 11 is 1.59. The normalized spacial score (nSPS) is 17.6. The summed E-state index contributed by atoms with van der Waals surface area (Å²) in [6.45, 7) is 12.5. The van der Waals surface area contributed by atoms with Gasteiger partial charge in [0.1, 0.15) is 5.01 Å². The standard InChI is InChI=1S/C15H25N3OS/c1-4-6-13-15(12(3)19)20-14(16-13)11-18-9-7-17(5-2)8-10-18/h4-11H2,1-3H3. The molecule has 5 heteroatoms. The van der Waals surface area contributed by atoms with Crippen LogP contribution in [0.4, 0.5) is 0 Å². The molecule has 1 aromatic rings. The molecule has 0 bridgehead atoms. The Labute approximate surface area is 125 Å². The summed E-state index contributed by atoms with van der Waals surface area (Å²) in [6, 6.07) is 0. The van der Waals surface area contributed by atoms with E-state index in [0.717, 1.165) is 67.7 Å². The fraction of sp³-hybridized carbons (Fsp3) is 0.733. The van der Waals surface area contributed by atoms with Gasteiger partial charge in [0, 0.05) is 33.1 Å². The Morgan fingerprint density at radius 1 is 1.20 bits per heavy atom. The van der Waals surface area contributed by atoms with Crippen LogP contribution < -0.4 is 0 Å². The second kappa shape index (κ2) is 7.29. The number of hydrogen-bond donors (Lipinski definition) is 0. The molecule has 1 fully saturated rings. The molecule has 2 heterocycles. The number of piperazine rings is 1. The zero-order valence-electron chi connectivity index (χ0n) is 12.8. The number of rotatable bonds is 6. The molecule has 4 nitrogen and oxygen atoms in total. The average molecular weight is 295 g/mol. The van der Waals surface area contributed by atoms with Crippen molar-refractivity contribution in [2.75, 3.05) is 32.7 Å². The smallest absolute Gasteiger partial charge is 0.171 e. The SMILES string of the molecule is CCCc1nc(CN2CCN(CC)CC2)sc1C(C)=O. The lowest BCUT2D eigenvalue weighted by atomic mass is 10.2. The lowest BCUT2D eigenvalue weighted by Gasteiger charge is -2.33. The fourth-order valence-electron chi connectivity index (χ4n) is 2.60. The van der Waals surface area contributed by atoms with Crippen LogP contribution in [-0.4, -0.2) is 53.3 Å². The number of carbonyl (C=O) groups excluding carboxylic acids is 1. The van der Waals surface area contributed by atoms with Gasteiger partial charge in [-0.2, -0.15) is 0 Å². The maximum absolute atomic E-state index is 11.7. The van der Waals surface area contributed by atoms with Gasteiger partial charge < -0.3 is 4.90 Å². The van der Waals surface area contributed by atoms with Crippen LogP contribution in [0, 0.1) is 0 Å². The predicted octanol–water partition coefficient (Wildman–Crippen LogP) is 2.44. The Balaban J connectivity index is 1.99. The molecule has 0 aromatic carbocycles. The second-order valence-corrected chi connectivity index (χ2v) is 6.48. The van der Waals surface area contributed by atoms with Gasteiger partial charge in [0.25, 0.3) is 0 Å². The first-order chi connectivity index (χ1) is 9.63. The first-order valence-corrected chi connectivity index (χ1v) is 8.39. The zero-order chi connectivity index (χ0) is 14.5. The number of aromatic nitrogens is 1. The number of Topliss-reactive ketones (excluding diaryl/α,β-unsaturated/α-hetero) is 1. The van der Waals surface area contributed by atoms with Crippen molar-refractivity contribution in [3.63, 3.8) is 0 Å². The molecule has 0 unspecified atom stereocenters. The van der Waals surface area contributed by atoms with Crippen molar-refractivity contribution in [2.24, 2.45) is 0 Å². The van der Waals surface area contributed by atoms with Gasteiger partial charge in [-0.25, -0.2) is 4.98 Å². The van der Waals surface area contributed by atoms with Crippen LogP contribution in [0.15, 0.2) is 0 Å². The minimum atomic E-state index is 0.160. The summed E-state index contributed by atoms with van der Waals surface area (Å²) in [7, 11) is 0. The van der Waals surface area contributed by atoms with Gasteiger partial charge in [-0.05, 0) is 13.0 Å². The molecule has 0 N–H and O–H groups in total. The molecule has 1 aromatic heterocycles. The van der Waals surface area contributed by atoms with Crippen LogP contribution >= 0.6 is 11.3 Å². The van der Waals surface area contributed by atoms with Crippen molar-refractivity contribution in [3.05, 3.63) is 15.6 Å². The van der Waals surface area contributed by atoms with Gasteiger partial charge in [-0.1, -0.05) is 20.3 Å². The Hall–Kier alpha value is -0.780. The van der Waals surface area contributed by atoms with E-state index in [-0.39, 0.29) is 5.78 Å². The Morgan fingerprint density at radius 2 is 1.85 bits per heavy atom. The van der Waals surface area contributed by atoms with Crippen molar-refractivity contribution >= 4 is 17.1 Å². The molecule has 0 spiro atoms. The first kappa shape index (κ1) is 15.6. The third kappa shape index (κ3) is 3.87. The summed E-state index contributed by atoms with van der Waals surface area (Å²) in [6.07, 6.45) is 1.95. The van der Waals surface area contributed by atoms with E-state index in [9.17, 15) is 4.79 Å². The predicted molar refractivity (Wildman–Crippen MR) is 83.5 cm³/mol. The molecule has 2 rings (SSSR count). The highest BCUT2D eigenvalue weighted by Crippen LogP contribution is 2.22. The number of ketones is 1. The number of likely N-dealkylation sites (N-methyl/N-ethyl adjacent to an activating group) is 1. The fourth-order valence-corrected chi connectivity index (χ4v) is 3.65. The molecular weight excluding hydrogens is 270 g/mol. The Kier molecular flexibility index (Phi) is 5.69. The van der Waals surface area contributed by atoms with Gasteiger partial charge in [0.15, 0.2) is 5.78 Å². The quantitative estimate of drug-likeness (QED) is 0.755. The number of aryl methyl sites for hydroxylation is 1. The summed E-state index contributed by atoms with van der Waals surface area (Å²) < 4.78 is 0. The van der Waals surface area contributed by atoms with E-state index >= 15 is 0 Å². The number of hydrogen-bond acceptors (Lipinski definition) is 5. The summed E-state index contributed by atoms with van der Waals surface area (Å²) in [5.74, 6) is 0.160. The number of carbonyl (C=O) groups is 1. The van der Waals surface area contributed by atoms with E-state index in [1.165, 1.54) is 0 Å². The molecule has 0 atom stereocenters. The van der Waals surface area contributed by atoms with Crippen LogP contribution in [0.5, 0.6) is 0 Å². The molecule has 112 valence electrons. The Bertz CT molecular complexity index is 450. The van der Waals surface area contributed by atoms with Crippen molar-refractivity contribution < 1.29 is 4.79 Å². The molecule has 0 saturated carbocycles. The molecule has 1 aliphatic rings. The van der Waals surface area contributed by atoms with E-state index in [2.05, 4.69) is 23.6 Å². The van der Waals surface area contributed by atoms with E-state index in [0.29, 0.717) is 0 Å². The van der Waals surface area contributed by atoms with E-state index in [1.54, 1.807) is 18.3 Å². The van der Waals surface area contributed by atoms with Crippen LogP contribution in [0.3, 0.4) is 0 Å². The van der Waals surface area contributed by atoms with Gasteiger partial charge in [-0.15, -0.1) is 11.3 Å². The molecule has 20 heavy (non-hydrogen) atoms. The maximum Gasteiger partial charge on any atom is 0.171 e. The first-order valence-electron chi connectivity index (χ1n) is 7.58. The molecule has 1 saturated heterocycles. The monoisotopic (exact) mass is 295 g/mol. The summed E-state index contributed by atoms with van der Waals surface area (Å²) in [5.41, 5.74) is 1.01. The second-order valence-electron chi connectivity index (χ2n) is 5.40. The molecular formula is C15H25N3OS. The van der Waals surface area contributed by atoms with E-state index in [1.807, 2.05) is 0 Å². The minimum absolute atomic E-state index is 0.160. The number of nitrogens with zero attached hydrogens (tertiary/aromatic N) is 3. The van der Waals surface area contributed by atoms with Gasteiger partial charge in [-0.3, -0.25) is 9.69 Å². The highest BCUT2D eigenvalue weighted by atomic mass is 32.1. The largest absolute Gasteiger partial charge is 0.301 e. The minimum Gasteiger partial charge on any atom is -0.301 e. The van der Waals surface area contributed by atoms with Crippen LogP contribution in [0.2, 0.25) is 0 Å². The lowest BCUT2D eigenvalue weighted by molar-refractivity contribution is 0.102. The van der Waals surface area contributed by atoms with Gasteiger partial charge in [0.2, 0.25) is 0 Å². The van der Waals surface area contributed by atoms with Crippen LogP contribution in [0.1, 0.15) is 47.6 Å². The van der Waals surface area contributed by atoms with Crippen molar-refractivity contribution in [1.29, 1.82) is 0 Å². The van der Waals surface area contributed by atoms with Crippen molar-refractivity contribution in [3.8, 4) is 0 Å². The molecule has 1 aliphatic heterocycles. The molecule has 0 aliphatic carbocycles. The highest BCUT2D eigenvalue weighted by Gasteiger charge is 2.19.